The minimum absolute atomic E-state index is 0.00858. The Morgan fingerprint density at radius 2 is 2.09 bits per heavy atom. The molecule has 2 unspecified atom stereocenters. The molecule has 124 valence electrons. The third-order valence-corrected chi connectivity index (χ3v) is 5.60. The van der Waals surface area contributed by atoms with E-state index in [1.165, 1.54) is 6.07 Å². The molecular formula is C13H17N5O4S. The van der Waals surface area contributed by atoms with E-state index in [0.29, 0.717) is 6.54 Å². The largest absolute Gasteiger partial charge is 0.330 e. The Balaban J connectivity index is 1.98. The molecule has 1 aliphatic carbocycles. The molecule has 0 aromatic carbocycles. The van der Waals surface area contributed by atoms with E-state index in [1.54, 1.807) is 0 Å². The molecule has 1 fully saturated rings. The van der Waals surface area contributed by atoms with Crippen molar-refractivity contribution in [3.05, 3.63) is 33.1 Å². The summed E-state index contributed by atoms with van der Waals surface area (Å²) < 4.78 is 27.6. The Hall–Kier alpha value is -2.04. The van der Waals surface area contributed by atoms with Crippen molar-refractivity contribution in [1.29, 1.82) is 0 Å². The van der Waals surface area contributed by atoms with Crippen LogP contribution in [-0.2, 0) is 10.0 Å². The molecule has 2 atom stereocenters. The summed E-state index contributed by atoms with van der Waals surface area (Å²) in [5.41, 5.74) is 4.32. The van der Waals surface area contributed by atoms with Crippen molar-refractivity contribution >= 4 is 21.1 Å². The van der Waals surface area contributed by atoms with E-state index in [0.717, 1.165) is 25.5 Å². The van der Waals surface area contributed by atoms with Crippen LogP contribution in [0.2, 0.25) is 0 Å². The van der Waals surface area contributed by atoms with E-state index in [9.17, 15) is 18.0 Å². The van der Waals surface area contributed by atoms with Crippen LogP contribution in [0.3, 0.4) is 0 Å². The molecule has 2 heterocycles. The van der Waals surface area contributed by atoms with E-state index in [-0.39, 0.29) is 27.9 Å². The number of pyridine rings is 1. The Morgan fingerprint density at radius 3 is 2.83 bits per heavy atom. The number of fused-ring (bicyclic) bond motifs is 1. The van der Waals surface area contributed by atoms with Gasteiger partial charge >= 0.3 is 5.69 Å². The fraction of sp³-hybridized carbons (Fsp3) is 0.462. The van der Waals surface area contributed by atoms with Crippen LogP contribution >= 0.6 is 0 Å². The quantitative estimate of drug-likeness (QED) is 0.562. The number of rotatable bonds is 4. The first-order chi connectivity index (χ1) is 10.9. The van der Waals surface area contributed by atoms with Crippen LogP contribution in [0.15, 0.2) is 26.7 Å². The van der Waals surface area contributed by atoms with Crippen molar-refractivity contribution in [2.45, 2.75) is 30.2 Å². The van der Waals surface area contributed by atoms with Gasteiger partial charge in [0.25, 0.3) is 5.56 Å². The van der Waals surface area contributed by atoms with Crippen molar-refractivity contribution in [3.63, 3.8) is 0 Å². The second-order valence-corrected chi connectivity index (χ2v) is 7.34. The normalized spacial score (nSPS) is 21.8. The topological polar surface area (TPSA) is 151 Å². The molecule has 0 bridgehead atoms. The monoisotopic (exact) mass is 339 g/mol. The second kappa shape index (κ2) is 5.87. The fourth-order valence-corrected chi connectivity index (χ4v) is 4.23. The number of hydrogen-bond donors (Lipinski definition) is 4. The van der Waals surface area contributed by atoms with Crippen LogP contribution in [0, 0.1) is 5.92 Å². The van der Waals surface area contributed by atoms with E-state index >= 15 is 0 Å². The number of nitrogens with zero attached hydrogens (tertiary/aromatic N) is 1. The molecule has 0 spiro atoms. The highest BCUT2D eigenvalue weighted by Gasteiger charge is 2.30. The maximum absolute atomic E-state index is 12.5. The minimum Gasteiger partial charge on any atom is -0.330 e. The average molecular weight is 339 g/mol. The van der Waals surface area contributed by atoms with Crippen molar-refractivity contribution < 1.29 is 8.42 Å². The molecule has 0 radical (unpaired) electrons. The molecule has 1 saturated carbocycles. The summed E-state index contributed by atoms with van der Waals surface area (Å²) in [6.45, 7) is 0.421. The Bertz CT molecular complexity index is 949. The molecule has 2 aromatic rings. The van der Waals surface area contributed by atoms with Gasteiger partial charge in [-0.05, 0) is 31.4 Å². The standard InChI is InChI=1S/C13H17N5O4S/c14-5-7-2-1-3-10(7)18-23(21,22)8-4-9-11(15-6-8)16-13(20)17-12(9)19/h4,6-7,10,18H,1-3,5,14H2,(H2,15,16,17,19,20). The van der Waals surface area contributed by atoms with Crippen LogP contribution in [0.25, 0.3) is 11.0 Å². The summed E-state index contributed by atoms with van der Waals surface area (Å²) in [6.07, 6.45) is 3.66. The van der Waals surface area contributed by atoms with Crippen molar-refractivity contribution in [2.24, 2.45) is 11.7 Å². The number of nitrogens with one attached hydrogen (secondary N) is 3. The highest BCUT2D eigenvalue weighted by molar-refractivity contribution is 7.89. The highest BCUT2D eigenvalue weighted by atomic mass is 32.2. The fourth-order valence-electron chi connectivity index (χ4n) is 2.92. The van der Waals surface area contributed by atoms with Gasteiger partial charge in [0.1, 0.15) is 10.5 Å². The lowest BCUT2D eigenvalue weighted by Gasteiger charge is -2.19. The van der Waals surface area contributed by atoms with Crippen LogP contribution in [-0.4, -0.2) is 36.0 Å². The predicted molar refractivity (Wildman–Crippen MR) is 83.5 cm³/mol. The van der Waals surface area contributed by atoms with Crippen molar-refractivity contribution in [2.75, 3.05) is 6.54 Å². The van der Waals surface area contributed by atoms with Crippen LogP contribution in [0.1, 0.15) is 19.3 Å². The summed E-state index contributed by atoms with van der Waals surface area (Å²) in [4.78, 5) is 31.1. The molecule has 2 aromatic heterocycles. The zero-order valence-corrected chi connectivity index (χ0v) is 13.0. The van der Waals surface area contributed by atoms with E-state index in [4.69, 9.17) is 5.73 Å². The molecule has 0 amide bonds. The molecule has 23 heavy (non-hydrogen) atoms. The number of aromatic nitrogens is 3. The van der Waals surface area contributed by atoms with Crippen molar-refractivity contribution in [1.82, 2.24) is 19.7 Å². The SMILES string of the molecule is NCC1CCCC1NS(=O)(=O)c1cnc2[nH]c(=O)[nH]c(=O)c2c1. The molecule has 5 N–H and O–H groups in total. The van der Waals surface area contributed by atoms with Gasteiger partial charge < -0.3 is 5.73 Å². The zero-order valence-electron chi connectivity index (χ0n) is 12.2. The van der Waals surface area contributed by atoms with Crippen LogP contribution in [0.5, 0.6) is 0 Å². The lowest BCUT2D eigenvalue weighted by atomic mass is 10.1. The van der Waals surface area contributed by atoms with Gasteiger partial charge in [-0.25, -0.2) is 22.9 Å². The Kier molecular flexibility index (Phi) is 4.04. The van der Waals surface area contributed by atoms with Gasteiger partial charge in [0, 0.05) is 12.2 Å². The molecule has 0 saturated heterocycles. The number of nitrogens with two attached hydrogens (primary N) is 1. The molecule has 0 aliphatic heterocycles. The number of H-pyrrole nitrogens is 2. The summed E-state index contributed by atoms with van der Waals surface area (Å²) in [5.74, 6) is 0.109. The third kappa shape index (κ3) is 3.05. The number of sulfonamides is 1. The second-order valence-electron chi connectivity index (χ2n) is 5.63. The smallest absolute Gasteiger partial charge is 0.327 e. The third-order valence-electron chi connectivity index (χ3n) is 4.14. The minimum atomic E-state index is -3.82. The van der Waals surface area contributed by atoms with E-state index in [1.807, 2.05) is 4.98 Å². The van der Waals surface area contributed by atoms with E-state index in [2.05, 4.69) is 14.7 Å². The first-order valence-corrected chi connectivity index (χ1v) is 8.74. The summed E-state index contributed by atoms with van der Waals surface area (Å²) in [5, 5.41) is 0.00858. The first kappa shape index (κ1) is 15.8. The van der Waals surface area contributed by atoms with Gasteiger partial charge in [0.05, 0.1) is 5.39 Å². The van der Waals surface area contributed by atoms with Gasteiger partial charge in [-0.3, -0.25) is 14.8 Å². The lowest BCUT2D eigenvalue weighted by molar-refractivity contribution is 0.453. The summed E-state index contributed by atoms with van der Waals surface area (Å²) >= 11 is 0. The van der Waals surface area contributed by atoms with Crippen LogP contribution < -0.4 is 21.7 Å². The van der Waals surface area contributed by atoms with Gasteiger partial charge in [0.2, 0.25) is 10.0 Å². The highest BCUT2D eigenvalue weighted by Crippen LogP contribution is 2.26. The lowest BCUT2D eigenvalue weighted by Crippen LogP contribution is -2.39. The Morgan fingerprint density at radius 1 is 1.30 bits per heavy atom. The Labute approximate surface area is 131 Å². The van der Waals surface area contributed by atoms with Gasteiger partial charge in [0.15, 0.2) is 0 Å². The number of hydrogen-bond acceptors (Lipinski definition) is 6. The van der Waals surface area contributed by atoms with E-state index < -0.39 is 21.3 Å². The average Bonchev–Trinajstić information content (AvgIpc) is 2.93. The summed E-state index contributed by atoms with van der Waals surface area (Å²) in [6, 6.07) is 0.987. The van der Waals surface area contributed by atoms with Gasteiger partial charge in [-0.15, -0.1) is 0 Å². The summed E-state index contributed by atoms with van der Waals surface area (Å²) in [7, 11) is -3.82. The predicted octanol–water partition coefficient (Wildman–Crippen LogP) is -0.983. The molecule has 10 heteroatoms. The molecule has 3 rings (SSSR count). The molecular weight excluding hydrogens is 322 g/mol. The zero-order chi connectivity index (χ0) is 16.6. The number of aromatic amines is 2. The first-order valence-electron chi connectivity index (χ1n) is 7.25. The molecule has 9 nitrogen and oxygen atoms in total. The van der Waals surface area contributed by atoms with Gasteiger partial charge in [-0.2, -0.15) is 0 Å². The maximum Gasteiger partial charge on any atom is 0.327 e. The van der Waals surface area contributed by atoms with Gasteiger partial charge in [-0.1, -0.05) is 6.42 Å². The van der Waals surface area contributed by atoms with Crippen LogP contribution in [0.4, 0.5) is 0 Å². The van der Waals surface area contributed by atoms with Crippen molar-refractivity contribution in [3.8, 4) is 0 Å². The maximum atomic E-state index is 12.5. The molecule has 1 aliphatic rings.